The van der Waals surface area contributed by atoms with Crippen molar-refractivity contribution in [1.29, 1.82) is 0 Å². The lowest BCUT2D eigenvalue weighted by Gasteiger charge is -2.15. The average molecular weight is 399 g/mol. The Morgan fingerprint density at radius 1 is 1.23 bits per heavy atom. The monoisotopic (exact) mass is 399 g/mol. The van der Waals surface area contributed by atoms with Crippen molar-refractivity contribution in [2.45, 2.75) is 13.0 Å². The van der Waals surface area contributed by atoms with Crippen molar-refractivity contribution < 1.29 is 9.53 Å². The molecule has 0 bridgehead atoms. The van der Waals surface area contributed by atoms with Crippen molar-refractivity contribution >= 4 is 23.4 Å². The van der Waals surface area contributed by atoms with E-state index in [1.165, 1.54) is 11.1 Å². The predicted molar refractivity (Wildman–Crippen MR) is 118 cm³/mol. The van der Waals surface area contributed by atoms with Crippen LogP contribution < -0.4 is 5.32 Å². The van der Waals surface area contributed by atoms with Crippen LogP contribution in [0.5, 0.6) is 0 Å². The Labute approximate surface area is 176 Å². The van der Waals surface area contributed by atoms with E-state index in [4.69, 9.17) is 4.74 Å². The summed E-state index contributed by atoms with van der Waals surface area (Å²) in [5.41, 5.74) is 5.39. The Morgan fingerprint density at radius 2 is 2.10 bits per heavy atom. The van der Waals surface area contributed by atoms with Crippen LogP contribution in [0.2, 0.25) is 0 Å². The fraction of sp³-hybridized carbons (Fsp3) is 0.280. The molecule has 0 radical (unpaired) electrons. The zero-order chi connectivity index (χ0) is 20.5. The number of carbonyl (C=O) groups excluding carboxylic acids is 1. The van der Waals surface area contributed by atoms with E-state index in [1.807, 2.05) is 23.1 Å². The van der Waals surface area contributed by atoms with Crippen molar-refractivity contribution in [2.75, 3.05) is 25.0 Å². The molecule has 0 saturated carbocycles. The number of carbonyl (C=O) groups is 1. The van der Waals surface area contributed by atoms with Gasteiger partial charge in [-0.25, -0.2) is 4.98 Å². The van der Waals surface area contributed by atoms with Crippen LogP contribution in [0, 0.1) is 11.8 Å². The van der Waals surface area contributed by atoms with Gasteiger partial charge in [-0.3, -0.25) is 4.79 Å². The molecule has 0 spiro atoms. The van der Waals surface area contributed by atoms with E-state index in [-0.39, 0.29) is 5.91 Å². The van der Waals surface area contributed by atoms with Crippen LogP contribution in [0.1, 0.15) is 23.1 Å². The highest BCUT2D eigenvalue weighted by Crippen LogP contribution is 2.40. The molecule has 1 amide bonds. The summed E-state index contributed by atoms with van der Waals surface area (Å²) in [6.45, 7) is 6.47. The van der Waals surface area contributed by atoms with Gasteiger partial charge in [-0.05, 0) is 47.1 Å². The molecule has 30 heavy (non-hydrogen) atoms. The molecule has 1 N–H and O–H groups in total. The van der Waals surface area contributed by atoms with Crippen LogP contribution in [0.4, 0.5) is 5.82 Å². The number of allylic oxidation sites excluding steroid dienone is 1. The molecule has 5 heteroatoms. The van der Waals surface area contributed by atoms with Gasteiger partial charge in [0.15, 0.2) is 0 Å². The lowest BCUT2D eigenvalue weighted by atomic mass is 9.98. The number of fused-ring (bicyclic) bond motifs is 2. The van der Waals surface area contributed by atoms with Gasteiger partial charge in [0.05, 0.1) is 13.2 Å². The van der Waals surface area contributed by atoms with Crippen molar-refractivity contribution in [3.63, 3.8) is 0 Å². The summed E-state index contributed by atoms with van der Waals surface area (Å²) < 4.78 is 5.57. The van der Waals surface area contributed by atoms with Gasteiger partial charge in [-0.1, -0.05) is 43.0 Å². The molecule has 1 aromatic heterocycles. The minimum absolute atomic E-state index is 0.0664. The molecule has 3 heterocycles. The molecule has 152 valence electrons. The fourth-order valence-electron chi connectivity index (χ4n) is 4.56. The number of hydrogen-bond donors (Lipinski definition) is 1. The fourth-order valence-corrected chi connectivity index (χ4v) is 4.56. The molecule has 1 fully saturated rings. The molecular weight excluding hydrogens is 374 g/mol. The zero-order valence-electron chi connectivity index (χ0n) is 16.9. The second-order valence-corrected chi connectivity index (χ2v) is 8.26. The van der Waals surface area contributed by atoms with Gasteiger partial charge in [0.1, 0.15) is 5.82 Å². The highest BCUT2D eigenvalue weighted by Gasteiger charge is 2.37. The smallest absolute Gasteiger partial charge is 0.246 e. The van der Waals surface area contributed by atoms with Gasteiger partial charge in [-0.2, -0.15) is 0 Å². The number of pyridine rings is 1. The van der Waals surface area contributed by atoms with Crippen molar-refractivity contribution in [3.05, 3.63) is 83.7 Å². The Balaban J connectivity index is 1.23. The molecule has 3 aliphatic rings. The van der Waals surface area contributed by atoms with E-state index >= 15 is 0 Å². The molecule has 1 aromatic carbocycles. The second kappa shape index (κ2) is 7.92. The Hall–Kier alpha value is -3.18. The lowest BCUT2D eigenvalue weighted by molar-refractivity contribution is -0.125. The maximum atomic E-state index is 12.7. The number of benzene rings is 1. The van der Waals surface area contributed by atoms with Gasteiger partial charge in [-0.15, -0.1) is 0 Å². The van der Waals surface area contributed by atoms with Crippen LogP contribution in [0.3, 0.4) is 0 Å². The maximum absolute atomic E-state index is 12.7. The van der Waals surface area contributed by atoms with Crippen LogP contribution in [-0.2, 0) is 16.1 Å². The Morgan fingerprint density at radius 3 is 2.93 bits per heavy atom. The highest BCUT2D eigenvalue weighted by atomic mass is 16.5. The molecule has 1 saturated heterocycles. The first-order valence-electron chi connectivity index (χ1n) is 10.4. The van der Waals surface area contributed by atoms with E-state index in [9.17, 15) is 4.79 Å². The Bertz CT molecular complexity index is 1040. The van der Waals surface area contributed by atoms with Gasteiger partial charge in [0, 0.05) is 36.6 Å². The number of nitrogens with one attached hydrogen (secondary N) is 1. The van der Waals surface area contributed by atoms with E-state index in [0.717, 1.165) is 42.2 Å². The summed E-state index contributed by atoms with van der Waals surface area (Å²) in [7, 11) is 0. The minimum Gasteiger partial charge on any atom is -0.370 e. The van der Waals surface area contributed by atoms with Crippen molar-refractivity contribution in [1.82, 2.24) is 9.88 Å². The standard InChI is InChI=1S/C25H25N3O2/c1-17-15-30-16-23-9-18(12-26-25(23)27-17)7-8-24(29)28-13-21-10-20(11-22(21)14-28)19-5-3-2-4-6-19/h2-10,12,21-22H,1,11,13-16H2,(H,26,27)/b8-7+/t21-,22+/m0/s1. The summed E-state index contributed by atoms with van der Waals surface area (Å²) in [6.07, 6.45) is 8.69. The molecule has 5 rings (SSSR count). The molecule has 0 unspecified atom stereocenters. The first-order chi connectivity index (χ1) is 14.7. The quantitative estimate of drug-likeness (QED) is 0.789. The number of amides is 1. The summed E-state index contributed by atoms with van der Waals surface area (Å²) >= 11 is 0. The van der Waals surface area contributed by atoms with E-state index in [1.54, 1.807) is 12.3 Å². The van der Waals surface area contributed by atoms with Crippen molar-refractivity contribution in [2.24, 2.45) is 11.8 Å². The molecular formula is C25H25N3O2. The third kappa shape index (κ3) is 3.81. The normalized spacial score (nSPS) is 23.0. The number of hydrogen-bond acceptors (Lipinski definition) is 4. The number of likely N-dealkylation sites (tertiary alicyclic amines) is 1. The molecule has 2 atom stereocenters. The second-order valence-electron chi connectivity index (χ2n) is 8.26. The van der Waals surface area contributed by atoms with Crippen LogP contribution in [0.15, 0.2) is 67.0 Å². The third-order valence-electron chi connectivity index (χ3n) is 6.08. The molecule has 2 aliphatic heterocycles. The minimum atomic E-state index is 0.0664. The molecule has 1 aliphatic carbocycles. The van der Waals surface area contributed by atoms with Gasteiger partial charge in [0.25, 0.3) is 0 Å². The van der Waals surface area contributed by atoms with Gasteiger partial charge < -0.3 is 15.0 Å². The predicted octanol–water partition coefficient (Wildman–Crippen LogP) is 4.11. The lowest BCUT2D eigenvalue weighted by Crippen LogP contribution is -2.27. The Kier molecular flexibility index (Phi) is 4.97. The first kappa shape index (κ1) is 18.8. The zero-order valence-corrected chi connectivity index (χ0v) is 16.9. The first-order valence-corrected chi connectivity index (χ1v) is 10.4. The number of nitrogens with zero attached hydrogens (tertiary/aromatic N) is 2. The summed E-state index contributed by atoms with van der Waals surface area (Å²) in [6, 6.07) is 12.6. The highest BCUT2D eigenvalue weighted by molar-refractivity contribution is 5.92. The van der Waals surface area contributed by atoms with Crippen LogP contribution in [-0.4, -0.2) is 35.5 Å². The number of rotatable bonds is 3. The topological polar surface area (TPSA) is 54.5 Å². The van der Waals surface area contributed by atoms with E-state index in [0.29, 0.717) is 25.0 Å². The number of aromatic nitrogens is 1. The van der Waals surface area contributed by atoms with Crippen LogP contribution in [0.25, 0.3) is 11.6 Å². The van der Waals surface area contributed by atoms with Crippen molar-refractivity contribution in [3.8, 4) is 0 Å². The summed E-state index contributed by atoms with van der Waals surface area (Å²) in [5, 5.41) is 3.16. The van der Waals surface area contributed by atoms with Crippen LogP contribution >= 0.6 is 0 Å². The van der Waals surface area contributed by atoms with E-state index < -0.39 is 0 Å². The summed E-state index contributed by atoms with van der Waals surface area (Å²) in [4.78, 5) is 19.2. The van der Waals surface area contributed by atoms with Gasteiger partial charge >= 0.3 is 0 Å². The number of anilines is 1. The number of ether oxygens (including phenoxy) is 1. The average Bonchev–Trinajstić information content (AvgIpc) is 3.28. The molecule has 2 aromatic rings. The van der Waals surface area contributed by atoms with Gasteiger partial charge in [0.2, 0.25) is 5.91 Å². The third-order valence-corrected chi connectivity index (χ3v) is 6.08. The van der Waals surface area contributed by atoms with E-state index in [2.05, 4.69) is 47.2 Å². The molecule has 5 nitrogen and oxygen atoms in total. The maximum Gasteiger partial charge on any atom is 0.246 e. The largest absolute Gasteiger partial charge is 0.370 e. The SMILES string of the molecule is C=C1COCc2cc(/C=C/C(=O)N3C[C@H]4CC(c5ccccc5)=C[C@H]4C3)cnc2N1. The summed E-state index contributed by atoms with van der Waals surface area (Å²) in [5.74, 6) is 1.83.